The van der Waals surface area contributed by atoms with Gasteiger partial charge in [-0.2, -0.15) is 13.2 Å². The first-order chi connectivity index (χ1) is 12.7. The molecule has 0 aliphatic carbocycles. The predicted octanol–water partition coefficient (Wildman–Crippen LogP) is 3.25. The second-order valence-corrected chi connectivity index (χ2v) is 6.64. The van der Waals surface area contributed by atoms with E-state index in [9.17, 15) is 18.0 Å². The highest BCUT2D eigenvalue weighted by atomic mass is 19.4. The summed E-state index contributed by atoms with van der Waals surface area (Å²) in [4.78, 5) is 20.3. The monoisotopic (exact) mass is 382 g/mol. The quantitative estimate of drug-likeness (QED) is 0.704. The lowest BCUT2D eigenvalue weighted by atomic mass is 10.1. The number of nitrogens with zero attached hydrogens (tertiary/aromatic N) is 4. The number of hydrogen-bond donors (Lipinski definition) is 0. The van der Waals surface area contributed by atoms with Crippen molar-refractivity contribution in [2.45, 2.75) is 32.6 Å². The molecule has 5 nitrogen and oxygen atoms in total. The molecule has 0 aliphatic heterocycles. The van der Waals surface area contributed by atoms with Gasteiger partial charge in [-0.1, -0.05) is 19.1 Å². The third-order valence-corrected chi connectivity index (χ3v) is 4.24. The highest BCUT2D eigenvalue weighted by molar-refractivity contribution is 5.75. The zero-order valence-corrected chi connectivity index (χ0v) is 15.8. The molecule has 0 fully saturated rings. The van der Waals surface area contributed by atoms with Crippen LogP contribution in [-0.2, 0) is 24.1 Å². The average Bonchev–Trinajstić information content (AvgIpc) is 3.04. The number of likely N-dealkylation sites (N-methyl/N-ethyl adjacent to an activating group) is 1. The number of hydrogen-bond acceptors (Lipinski definition) is 3. The Morgan fingerprint density at radius 1 is 1.15 bits per heavy atom. The van der Waals surface area contributed by atoms with Gasteiger partial charge in [-0.3, -0.25) is 4.79 Å². The molecule has 148 valence electrons. The van der Waals surface area contributed by atoms with E-state index in [1.165, 1.54) is 12.1 Å². The molecule has 2 rings (SSSR count). The molecule has 0 unspecified atom stereocenters. The number of alkyl halides is 3. The topological polar surface area (TPSA) is 41.4 Å². The Hall–Kier alpha value is -2.35. The molecule has 0 spiro atoms. The minimum Gasteiger partial charge on any atom is -0.334 e. The summed E-state index contributed by atoms with van der Waals surface area (Å²) < 4.78 is 39.9. The van der Waals surface area contributed by atoms with Crippen molar-refractivity contribution in [2.75, 3.05) is 27.2 Å². The number of carbonyl (C=O) groups is 1. The molecule has 2 aromatic rings. The van der Waals surface area contributed by atoms with Crippen LogP contribution in [0.25, 0.3) is 0 Å². The molecule has 1 aromatic heterocycles. The summed E-state index contributed by atoms with van der Waals surface area (Å²) in [5.74, 6) is 0.747. The van der Waals surface area contributed by atoms with Crippen LogP contribution >= 0.6 is 0 Å². The second-order valence-electron chi connectivity index (χ2n) is 6.64. The van der Waals surface area contributed by atoms with Crippen LogP contribution in [-0.4, -0.2) is 52.4 Å². The van der Waals surface area contributed by atoms with Crippen molar-refractivity contribution in [3.8, 4) is 0 Å². The van der Waals surface area contributed by atoms with Gasteiger partial charge in [0, 0.05) is 38.4 Å². The van der Waals surface area contributed by atoms with Crippen LogP contribution < -0.4 is 0 Å². The average molecular weight is 382 g/mol. The lowest BCUT2D eigenvalue weighted by Crippen LogP contribution is -2.36. The fraction of sp³-hybridized carbons (Fsp3) is 0.474. The summed E-state index contributed by atoms with van der Waals surface area (Å²) in [6, 6.07) is 5.09. The Kier molecular flexibility index (Phi) is 7.01. The van der Waals surface area contributed by atoms with Crippen LogP contribution in [0.4, 0.5) is 13.2 Å². The third kappa shape index (κ3) is 6.09. The Balaban J connectivity index is 2.10. The Bertz CT molecular complexity index is 738. The van der Waals surface area contributed by atoms with Crippen LogP contribution in [0.5, 0.6) is 0 Å². The van der Waals surface area contributed by atoms with Gasteiger partial charge in [0.15, 0.2) is 0 Å². The van der Waals surface area contributed by atoms with E-state index in [0.717, 1.165) is 24.2 Å². The van der Waals surface area contributed by atoms with Crippen molar-refractivity contribution in [2.24, 2.45) is 0 Å². The van der Waals surface area contributed by atoms with Crippen molar-refractivity contribution >= 4 is 5.91 Å². The third-order valence-electron chi connectivity index (χ3n) is 4.24. The fourth-order valence-corrected chi connectivity index (χ4v) is 2.64. The summed E-state index contributed by atoms with van der Waals surface area (Å²) >= 11 is 0. The van der Waals surface area contributed by atoms with Gasteiger partial charge in [-0.15, -0.1) is 0 Å². The fourth-order valence-electron chi connectivity index (χ4n) is 2.64. The maximum Gasteiger partial charge on any atom is 0.416 e. The largest absolute Gasteiger partial charge is 0.416 e. The number of amides is 1. The maximum atomic E-state index is 12.7. The summed E-state index contributed by atoms with van der Waals surface area (Å²) in [6.45, 7) is 3.92. The molecular weight excluding hydrogens is 357 g/mol. The minimum absolute atomic E-state index is 0.0425. The Morgan fingerprint density at radius 3 is 2.37 bits per heavy atom. The predicted molar refractivity (Wildman–Crippen MR) is 97.0 cm³/mol. The van der Waals surface area contributed by atoms with E-state index < -0.39 is 11.7 Å². The van der Waals surface area contributed by atoms with Crippen LogP contribution in [0.3, 0.4) is 0 Å². The Morgan fingerprint density at radius 2 is 1.81 bits per heavy atom. The lowest BCUT2D eigenvalue weighted by molar-refractivity contribution is -0.137. The van der Waals surface area contributed by atoms with Crippen molar-refractivity contribution in [3.05, 3.63) is 53.6 Å². The molecule has 0 bridgehead atoms. The summed E-state index contributed by atoms with van der Waals surface area (Å²) in [6.07, 6.45) is -0.521. The van der Waals surface area contributed by atoms with E-state index in [1.54, 1.807) is 17.3 Å². The van der Waals surface area contributed by atoms with Crippen LogP contribution in [0, 0.1) is 0 Å². The standard InChI is InChI=1S/C19H25F3N4O/c1-4-18(27)26(12-11-24(2)3)14-17-23-9-10-25(17)13-15-5-7-16(8-6-15)19(20,21)22/h5-10H,4,11-14H2,1-3H3. The number of imidazole rings is 1. The van der Waals surface area contributed by atoms with E-state index in [4.69, 9.17) is 0 Å². The molecule has 1 aromatic carbocycles. The number of aromatic nitrogens is 2. The van der Waals surface area contributed by atoms with Crippen molar-refractivity contribution in [1.29, 1.82) is 0 Å². The first-order valence-electron chi connectivity index (χ1n) is 8.79. The van der Waals surface area contributed by atoms with Gasteiger partial charge >= 0.3 is 6.18 Å². The summed E-state index contributed by atoms with van der Waals surface area (Å²) in [5.41, 5.74) is 0.0735. The SMILES string of the molecule is CCC(=O)N(CCN(C)C)Cc1nccn1Cc1ccc(C(F)(F)F)cc1. The molecule has 1 amide bonds. The molecule has 0 saturated carbocycles. The van der Waals surface area contributed by atoms with E-state index in [-0.39, 0.29) is 5.91 Å². The molecule has 0 saturated heterocycles. The molecule has 0 atom stereocenters. The van der Waals surface area contributed by atoms with E-state index in [0.29, 0.717) is 31.9 Å². The molecule has 27 heavy (non-hydrogen) atoms. The van der Waals surface area contributed by atoms with Crippen LogP contribution in [0.15, 0.2) is 36.7 Å². The first-order valence-corrected chi connectivity index (χ1v) is 8.79. The normalized spacial score (nSPS) is 11.8. The van der Waals surface area contributed by atoms with Crippen molar-refractivity contribution in [1.82, 2.24) is 19.4 Å². The van der Waals surface area contributed by atoms with Crippen LogP contribution in [0.2, 0.25) is 0 Å². The number of carbonyl (C=O) groups excluding carboxylic acids is 1. The van der Waals surface area contributed by atoms with E-state index >= 15 is 0 Å². The Labute approximate surface area is 157 Å². The maximum absolute atomic E-state index is 12.7. The van der Waals surface area contributed by atoms with E-state index in [1.807, 2.05) is 30.5 Å². The molecule has 0 N–H and O–H groups in total. The van der Waals surface area contributed by atoms with E-state index in [2.05, 4.69) is 4.98 Å². The molecule has 1 heterocycles. The number of rotatable bonds is 8. The van der Waals surface area contributed by atoms with Gasteiger partial charge in [0.2, 0.25) is 5.91 Å². The van der Waals surface area contributed by atoms with Crippen molar-refractivity contribution in [3.63, 3.8) is 0 Å². The van der Waals surface area contributed by atoms with Gasteiger partial charge in [0.25, 0.3) is 0 Å². The number of halogens is 3. The first kappa shape index (κ1) is 21.0. The molecule has 8 heteroatoms. The highest BCUT2D eigenvalue weighted by Gasteiger charge is 2.29. The number of benzene rings is 1. The second kappa shape index (κ2) is 9.03. The van der Waals surface area contributed by atoms with Gasteiger partial charge in [-0.05, 0) is 31.8 Å². The van der Waals surface area contributed by atoms with Gasteiger partial charge in [-0.25, -0.2) is 4.98 Å². The zero-order valence-electron chi connectivity index (χ0n) is 15.8. The summed E-state index contributed by atoms with van der Waals surface area (Å²) in [7, 11) is 3.89. The smallest absolute Gasteiger partial charge is 0.334 e. The van der Waals surface area contributed by atoms with Gasteiger partial charge < -0.3 is 14.4 Å². The molecular formula is C19H25F3N4O. The van der Waals surface area contributed by atoms with Crippen molar-refractivity contribution < 1.29 is 18.0 Å². The highest BCUT2D eigenvalue weighted by Crippen LogP contribution is 2.29. The molecule has 0 aliphatic rings. The molecule has 0 radical (unpaired) electrons. The lowest BCUT2D eigenvalue weighted by Gasteiger charge is -2.24. The minimum atomic E-state index is -4.34. The summed E-state index contributed by atoms with van der Waals surface area (Å²) in [5, 5.41) is 0. The van der Waals surface area contributed by atoms with Gasteiger partial charge in [0.1, 0.15) is 5.82 Å². The van der Waals surface area contributed by atoms with Gasteiger partial charge in [0.05, 0.1) is 12.1 Å². The zero-order chi connectivity index (χ0) is 20.0. The van der Waals surface area contributed by atoms with Crippen LogP contribution in [0.1, 0.15) is 30.3 Å².